The Morgan fingerprint density at radius 3 is 2.91 bits per heavy atom. The summed E-state index contributed by atoms with van der Waals surface area (Å²) in [7, 11) is 1.60. The summed E-state index contributed by atoms with van der Waals surface area (Å²) >= 11 is 0. The lowest BCUT2D eigenvalue weighted by Gasteiger charge is -2.13. The highest BCUT2D eigenvalue weighted by atomic mass is 16.5. The molecule has 1 amide bonds. The summed E-state index contributed by atoms with van der Waals surface area (Å²) in [5, 5.41) is 0. The molecule has 5 rings (SSSR count). The van der Waals surface area contributed by atoms with Crippen molar-refractivity contribution in [1.29, 1.82) is 0 Å². The van der Waals surface area contributed by atoms with Gasteiger partial charge in [-0.2, -0.15) is 0 Å². The molecule has 1 saturated heterocycles. The maximum Gasteiger partial charge on any atom is 0.298 e. The number of amides is 1. The average Bonchev–Trinajstić information content (AvgIpc) is 3.51. The smallest absolute Gasteiger partial charge is 0.298 e. The second kappa shape index (κ2) is 9.50. The van der Waals surface area contributed by atoms with Gasteiger partial charge in [-0.25, -0.2) is 9.97 Å². The van der Waals surface area contributed by atoms with Crippen molar-refractivity contribution in [1.82, 2.24) is 19.3 Å². The molecule has 9 heteroatoms. The third-order valence-corrected chi connectivity index (χ3v) is 6.16. The van der Waals surface area contributed by atoms with Gasteiger partial charge >= 0.3 is 0 Å². The fourth-order valence-corrected chi connectivity index (χ4v) is 4.49. The van der Waals surface area contributed by atoms with Crippen molar-refractivity contribution in [3.63, 3.8) is 0 Å². The quantitative estimate of drug-likeness (QED) is 0.588. The van der Waals surface area contributed by atoms with Crippen molar-refractivity contribution < 1.29 is 14.3 Å². The summed E-state index contributed by atoms with van der Waals surface area (Å²) in [5.41, 5.74) is 8.85. The number of aliphatic imine (C=N–C) groups is 1. The normalized spacial score (nSPS) is 17.1. The van der Waals surface area contributed by atoms with Crippen LogP contribution >= 0.6 is 0 Å². The minimum atomic E-state index is -0.155. The predicted molar refractivity (Wildman–Crippen MR) is 133 cm³/mol. The molecule has 0 saturated carbocycles. The van der Waals surface area contributed by atoms with Gasteiger partial charge in [0.25, 0.3) is 5.91 Å². The molecular weight excluding hydrogens is 444 g/mol. The van der Waals surface area contributed by atoms with E-state index in [1.54, 1.807) is 25.1 Å². The molecule has 178 valence electrons. The van der Waals surface area contributed by atoms with Crippen molar-refractivity contribution in [3.05, 3.63) is 48.3 Å². The molecule has 35 heavy (non-hydrogen) atoms. The van der Waals surface area contributed by atoms with Crippen molar-refractivity contribution in [2.24, 2.45) is 4.99 Å². The van der Waals surface area contributed by atoms with E-state index in [4.69, 9.17) is 20.2 Å². The maximum atomic E-state index is 12.3. The molecule has 2 aliphatic rings. The van der Waals surface area contributed by atoms with Crippen LogP contribution in [-0.4, -0.2) is 57.8 Å². The molecule has 1 fully saturated rings. The average molecular weight is 471 g/mol. The van der Waals surface area contributed by atoms with Gasteiger partial charge in [-0.05, 0) is 56.0 Å². The molecule has 4 heterocycles. The number of nitrogens with zero attached hydrogens (tertiary/aromatic N) is 5. The van der Waals surface area contributed by atoms with Crippen molar-refractivity contribution in [3.8, 4) is 34.7 Å². The van der Waals surface area contributed by atoms with E-state index in [-0.39, 0.29) is 11.8 Å². The zero-order valence-electron chi connectivity index (χ0n) is 19.7. The molecular formula is C26H26N6O3. The monoisotopic (exact) mass is 470 g/mol. The molecule has 0 radical (unpaired) electrons. The minimum Gasteiger partial charge on any atom is -0.493 e. The topological polar surface area (TPSA) is 107 Å². The number of carbonyl (C=O) groups excluding carboxylic acids is 1. The fraction of sp³-hybridized carbons (Fsp3) is 0.308. The Kier molecular flexibility index (Phi) is 6.10. The molecule has 0 spiro atoms. The number of carbonyl (C=O) groups is 1. The standard InChI is InChI=1S/C26H26N6O3/c1-3-6-23(33)31-14-11-18(16-31)24-19-10-13-29-26(27)32(19)25(30-24)17-8-9-20(21(15-17)34-2)35-22-7-4-5-12-28-22/h4,7-10,13,15,18H,5,11-12,14,16H2,1-2H3,(H2,27,29). The van der Waals surface area contributed by atoms with E-state index in [0.717, 1.165) is 29.6 Å². The lowest BCUT2D eigenvalue weighted by atomic mass is 10.0. The Labute approximate surface area is 203 Å². The maximum absolute atomic E-state index is 12.3. The van der Waals surface area contributed by atoms with Crippen LogP contribution in [-0.2, 0) is 4.79 Å². The van der Waals surface area contributed by atoms with E-state index in [1.807, 2.05) is 40.8 Å². The fourth-order valence-electron chi connectivity index (χ4n) is 4.49. The number of hydrogen-bond acceptors (Lipinski definition) is 7. The van der Waals surface area contributed by atoms with Crippen LogP contribution in [0.25, 0.3) is 16.9 Å². The summed E-state index contributed by atoms with van der Waals surface area (Å²) in [6.07, 6.45) is 7.28. The third kappa shape index (κ3) is 4.30. The molecule has 9 nitrogen and oxygen atoms in total. The van der Waals surface area contributed by atoms with E-state index in [2.05, 4.69) is 21.8 Å². The predicted octanol–water partition coefficient (Wildman–Crippen LogP) is 3.06. The second-order valence-corrected chi connectivity index (χ2v) is 8.33. The van der Waals surface area contributed by atoms with Crippen LogP contribution in [0.2, 0.25) is 0 Å². The first kappa shape index (κ1) is 22.5. The van der Waals surface area contributed by atoms with Crippen LogP contribution in [0.1, 0.15) is 31.4 Å². The number of anilines is 1. The lowest BCUT2D eigenvalue weighted by Crippen LogP contribution is -2.26. The molecule has 0 aliphatic carbocycles. The number of nitrogen functional groups attached to an aromatic ring is 1. The highest BCUT2D eigenvalue weighted by Crippen LogP contribution is 2.37. The zero-order valence-corrected chi connectivity index (χ0v) is 19.7. The number of fused-ring (bicyclic) bond motifs is 1. The summed E-state index contributed by atoms with van der Waals surface area (Å²) in [4.78, 5) is 27.7. The number of nitrogens with two attached hydrogens (primary N) is 1. The number of rotatable bonds is 4. The highest BCUT2D eigenvalue weighted by Gasteiger charge is 2.31. The molecule has 1 aromatic carbocycles. The first-order valence-electron chi connectivity index (χ1n) is 11.5. The molecule has 1 atom stereocenters. The summed E-state index contributed by atoms with van der Waals surface area (Å²) < 4.78 is 13.4. The van der Waals surface area contributed by atoms with Gasteiger partial charge in [0.15, 0.2) is 11.5 Å². The van der Waals surface area contributed by atoms with Crippen LogP contribution in [0.4, 0.5) is 5.95 Å². The van der Waals surface area contributed by atoms with E-state index in [9.17, 15) is 4.79 Å². The van der Waals surface area contributed by atoms with Crippen molar-refractivity contribution in [2.75, 3.05) is 32.5 Å². The van der Waals surface area contributed by atoms with Crippen molar-refractivity contribution in [2.45, 2.75) is 25.7 Å². The number of methoxy groups -OCH3 is 1. The Morgan fingerprint density at radius 1 is 1.26 bits per heavy atom. The van der Waals surface area contributed by atoms with Crippen LogP contribution in [0, 0.1) is 11.8 Å². The van der Waals surface area contributed by atoms with E-state index in [1.165, 1.54) is 0 Å². The minimum absolute atomic E-state index is 0.0729. The van der Waals surface area contributed by atoms with Crippen LogP contribution in [0.5, 0.6) is 11.5 Å². The summed E-state index contributed by atoms with van der Waals surface area (Å²) in [6.45, 7) is 3.58. The number of benzene rings is 1. The Balaban J connectivity index is 1.52. The van der Waals surface area contributed by atoms with Gasteiger partial charge in [-0.1, -0.05) is 12.0 Å². The summed E-state index contributed by atoms with van der Waals surface area (Å²) in [5.74, 6) is 7.89. The van der Waals surface area contributed by atoms with Gasteiger partial charge in [0, 0.05) is 37.3 Å². The molecule has 0 bridgehead atoms. The summed E-state index contributed by atoms with van der Waals surface area (Å²) in [6, 6.07) is 7.53. The molecule has 3 aromatic rings. The van der Waals surface area contributed by atoms with Crippen LogP contribution in [0.3, 0.4) is 0 Å². The number of dihydropyridines is 1. The Morgan fingerprint density at radius 2 is 2.14 bits per heavy atom. The van der Waals surface area contributed by atoms with Crippen LogP contribution < -0.4 is 15.2 Å². The van der Waals surface area contributed by atoms with Gasteiger partial charge in [0.1, 0.15) is 5.82 Å². The Bertz CT molecular complexity index is 1410. The van der Waals surface area contributed by atoms with E-state index >= 15 is 0 Å². The first-order chi connectivity index (χ1) is 17.1. The number of hydrogen-bond donors (Lipinski definition) is 1. The van der Waals surface area contributed by atoms with Crippen LogP contribution in [0.15, 0.2) is 47.6 Å². The van der Waals surface area contributed by atoms with Gasteiger partial charge in [0.05, 0.1) is 18.3 Å². The number of aromatic nitrogens is 3. The number of likely N-dealkylation sites (tertiary alicyclic amines) is 1. The number of imidazole rings is 1. The highest BCUT2D eigenvalue weighted by molar-refractivity contribution is 5.93. The van der Waals surface area contributed by atoms with E-state index < -0.39 is 0 Å². The zero-order chi connectivity index (χ0) is 24.4. The third-order valence-electron chi connectivity index (χ3n) is 6.16. The largest absolute Gasteiger partial charge is 0.493 e. The van der Waals surface area contributed by atoms with Crippen molar-refractivity contribution >= 4 is 23.3 Å². The number of ether oxygens (including phenoxy) is 2. The molecule has 2 N–H and O–H groups in total. The van der Waals surface area contributed by atoms with E-state index in [0.29, 0.717) is 48.8 Å². The van der Waals surface area contributed by atoms with Gasteiger partial charge < -0.3 is 20.1 Å². The molecule has 2 aliphatic heterocycles. The Hall–Kier alpha value is -4.32. The van der Waals surface area contributed by atoms with Gasteiger partial charge in [0.2, 0.25) is 11.8 Å². The lowest BCUT2D eigenvalue weighted by molar-refractivity contribution is -0.124. The van der Waals surface area contributed by atoms with Gasteiger partial charge in [-0.3, -0.25) is 14.2 Å². The van der Waals surface area contributed by atoms with Gasteiger partial charge in [-0.15, -0.1) is 0 Å². The first-order valence-corrected chi connectivity index (χ1v) is 11.5. The molecule has 2 aromatic heterocycles. The molecule has 1 unspecified atom stereocenters. The second-order valence-electron chi connectivity index (χ2n) is 8.33. The SMILES string of the molecule is CC#CC(=O)N1CCC(c2nc(-c3ccc(OC4=NCCC=C4)c(OC)c3)n3c(N)nccc23)C1.